The van der Waals surface area contributed by atoms with Crippen LogP contribution in [-0.4, -0.2) is 18.4 Å². The highest BCUT2D eigenvalue weighted by molar-refractivity contribution is 5.95. The molecule has 0 radical (unpaired) electrons. The van der Waals surface area contributed by atoms with E-state index in [1.807, 2.05) is 24.0 Å². The molecule has 1 aromatic carbocycles. The summed E-state index contributed by atoms with van der Waals surface area (Å²) in [6, 6.07) is 6.18. The lowest BCUT2D eigenvalue weighted by molar-refractivity contribution is -0.122. The average molecular weight is 314 g/mol. The third-order valence-corrected chi connectivity index (χ3v) is 5.08. The van der Waals surface area contributed by atoms with Crippen LogP contribution in [0.3, 0.4) is 0 Å². The molecule has 0 unspecified atom stereocenters. The number of anilines is 1. The summed E-state index contributed by atoms with van der Waals surface area (Å²) in [5, 5.41) is 3.04. The first kappa shape index (κ1) is 16.0. The molecule has 0 bridgehead atoms. The Kier molecular flexibility index (Phi) is 4.99. The van der Waals surface area contributed by atoms with E-state index in [2.05, 4.69) is 11.4 Å². The standard InChI is InChI=1S/C19H26N2O2/c1-2-19(23)21-10-9-16-11-15(7-8-17(16)21)13-20-18(22)12-14-5-3-4-6-14/h7-8,11,14H,2-6,9-10,12-13H2,1H3,(H,20,22). The van der Waals surface area contributed by atoms with Crippen molar-refractivity contribution in [3.05, 3.63) is 29.3 Å². The predicted octanol–water partition coefficient (Wildman–Crippen LogP) is 3.18. The smallest absolute Gasteiger partial charge is 0.226 e. The van der Waals surface area contributed by atoms with Gasteiger partial charge in [-0.05, 0) is 42.4 Å². The first-order chi connectivity index (χ1) is 11.2. The second-order valence-corrected chi connectivity index (χ2v) is 6.74. The molecule has 0 atom stereocenters. The first-order valence-electron chi connectivity index (χ1n) is 8.86. The molecule has 1 aromatic rings. The Bertz CT molecular complexity index is 591. The normalized spacial score (nSPS) is 17.3. The van der Waals surface area contributed by atoms with E-state index in [0.29, 0.717) is 25.3 Å². The molecule has 1 aliphatic carbocycles. The summed E-state index contributed by atoms with van der Waals surface area (Å²) >= 11 is 0. The third-order valence-electron chi connectivity index (χ3n) is 5.08. The summed E-state index contributed by atoms with van der Waals surface area (Å²) < 4.78 is 0. The molecular formula is C19H26N2O2. The van der Waals surface area contributed by atoms with Gasteiger partial charge in [-0.3, -0.25) is 9.59 Å². The maximum Gasteiger partial charge on any atom is 0.226 e. The molecule has 3 rings (SSSR count). The summed E-state index contributed by atoms with van der Waals surface area (Å²) in [5.41, 5.74) is 3.38. The molecule has 23 heavy (non-hydrogen) atoms. The lowest BCUT2D eigenvalue weighted by Gasteiger charge is -2.16. The molecule has 0 spiro atoms. The van der Waals surface area contributed by atoms with Gasteiger partial charge < -0.3 is 10.2 Å². The van der Waals surface area contributed by atoms with Gasteiger partial charge in [0.1, 0.15) is 0 Å². The number of hydrogen-bond acceptors (Lipinski definition) is 2. The van der Waals surface area contributed by atoms with E-state index in [1.165, 1.54) is 31.2 Å². The van der Waals surface area contributed by atoms with E-state index in [0.717, 1.165) is 24.2 Å². The van der Waals surface area contributed by atoms with Gasteiger partial charge in [0.15, 0.2) is 0 Å². The van der Waals surface area contributed by atoms with Gasteiger partial charge in [-0.15, -0.1) is 0 Å². The number of hydrogen-bond donors (Lipinski definition) is 1. The largest absolute Gasteiger partial charge is 0.352 e. The number of nitrogens with zero attached hydrogens (tertiary/aromatic N) is 1. The fraction of sp³-hybridized carbons (Fsp3) is 0.579. The average Bonchev–Trinajstić information content (AvgIpc) is 3.21. The Morgan fingerprint density at radius 1 is 1.26 bits per heavy atom. The van der Waals surface area contributed by atoms with Crippen LogP contribution in [0.1, 0.15) is 56.6 Å². The Labute approximate surface area is 138 Å². The lowest BCUT2D eigenvalue weighted by atomic mass is 10.0. The number of benzene rings is 1. The summed E-state index contributed by atoms with van der Waals surface area (Å²) in [6.07, 6.45) is 7.07. The number of nitrogens with one attached hydrogen (secondary N) is 1. The van der Waals surface area contributed by atoms with Crippen molar-refractivity contribution >= 4 is 17.5 Å². The van der Waals surface area contributed by atoms with Gasteiger partial charge in [0, 0.05) is 31.6 Å². The maximum absolute atomic E-state index is 12.0. The van der Waals surface area contributed by atoms with E-state index >= 15 is 0 Å². The zero-order chi connectivity index (χ0) is 16.2. The zero-order valence-corrected chi connectivity index (χ0v) is 13.9. The quantitative estimate of drug-likeness (QED) is 0.907. The Balaban J connectivity index is 1.55. The van der Waals surface area contributed by atoms with Crippen molar-refractivity contribution in [3.8, 4) is 0 Å². The number of amides is 2. The van der Waals surface area contributed by atoms with Crippen LogP contribution in [0, 0.1) is 5.92 Å². The van der Waals surface area contributed by atoms with Crippen LogP contribution in [0.4, 0.5) is 5.69 Å². The fourth-order valence-corrected chi connectivity index (χ4v) is 3.76. The van der Waals surface area contributed by atoms with Crippen LogP contribution < -0.4 is 10.2 Å². The molecule has 0 aromatic heterocycles. The van der Waals surface area contributed by atoms with Crippen LogP contribution >= 0.6 is 0 Å². The summed E-state index contributed by atoms with van der Waals surface area (Å²) in [7, 11) is 0. The van der Waals surface area contributed by atoms with E-state index < -0.39 is 0 Å². The third kappa shape index (κ3) is 3.74. The van der Waals surface area contributed by atoms with E-state index in [-0.39, 0.29) is 11.8 Å². The van der Waals surface area contributed by atoms with E-state index in [1.54, 1.807) is 0 Å². The molecule has 1 aliphatic heterocycles. The van der Waals surface area contributed by atoms with Crippen LogP contribution in [0.5, 0.6) is 0 Å². The maximum atomic E-state index is 12.0. The molecule has 124 valence electrons. The Hall–Kier alpha value is -1.84. The minimum Gasteiger partial charge on any atom is -0.352 e. The molecule has 1 N–H and O–H groups in total. The van der Waals surface area contributed by atoms with Gasteiger partial charge in [0.2, 0.25) is 11.8 Å². The van der Waals surface area contributed by atoms with Gasteiger partial charge in [-0.2, -0.15) is 0 Å². The van der Waals surface area contributed by atoms with Gasteiger partial charge in [0.25, 0.3) is 0 Å². The number of carbonyl (C=O) groups is 2. The lowest BCUT2D eigenvalue weighted by Crippen LogP contribution is -2.27. The number of carbonyl (C=O) groups excluding carboxylic acids is 2. The highest BCUT2D eigenvalue weighted by Crippen LogP contribution is 2.30. The van der Waals surface area contributed by atoms with Crippen LogP contribution in [0.25, 0.3) is 0 Å². The van der Waals surface area contributed by atoms with Crippen molar-refractivity contribution < 1.29 is 9.59 Å². The second kappa shape index (κ2) is 7.16. The first-order valence-corrected chi connectivity index (χ1v) is 8.86. The minimum atomic E-state index is 0.167. The number of fused-ring (bicyclic) bond motifs is 1. The van der Waals surface area contributed by atoms with Crippen LogP contribution in [-0.2, 0) is 22.6 Å². The Morgan fingerprint density at radius 3 is 2.78 bits per heavy atom. The zero-order valence-electron chi connectivity index (χ0n) is 13.9. The molecule has 2 amide bonds. The molecular weight excluding hydrogens is 288 g/mol. The van der Waals surface area contributed by atoms with Crippen molar-refractivity contribution in [1.29, 1.82) is 0 Å². The summed E-state index contributed by atoms with van der Waals surface area (Å²) in [6.45, 7) is 3.26. The van der Waals surface area contributed by atoms with Gasteiger partial charge in [-0.25, -0.2) is 0 Å². The van der Waals surface area contributed by atoms with Crippen molar-refractivity contribution in [2.75, 3.05) is 11.4 Å². The molecule has 1 heterocycles. The van der Waals surface area contributed by atoms with Gasteiger partial charge in [0.05, 0.1) is 0 Å². The van der Waals surface area contributed by atoms with E-state index in [9.17, 15) is 9.59 Å². The molecule has 0 saturated heterocycles. The summed E-state index contributed by atoms with van der Waals surface area (Å²) in [4.78, 5) is 25.8. The SMILES string of the molecule is CCC(=O)N1CCc2cc(CNC(=O)CC3CCCC3)ccc21. The topological polar surface area (TPSA) is 49.4 Å². The van der Waals surface area contributed by atoms with Gasteiger partial charge >= 0.3 is 0 Å². The van der Waals surface area contributed by atoms with E-state index in [4.69, 9.17) is 0 Å². The predicted molar refractivity (Wildman–Crippen MR) is 91.2 cm³/mol. The van der Waals surface area contributed by atoms with Crippen molar-refractivity contribution in [2.24, 2.45) is 5.92 Å². The van der Waals surface area contributed by atoms with Crippen molar-refractivity contribution in [2.45, 2.75) is 58.4 Å². The number of rotatable bonds is 5. The highest BCUT2D eigenvalue weighted by Gasteiger charge is 2.23. The van der Waals surface area contributed by atoms with Crippen LogP contribution in [0.2, 0.25) is 0 Å². The molecule has 4 heteroatoms. The van der Waals surface area contributed by atoms with Crippen molar-refractivity contribution in [1.82, 2.24) is 5.32 Å². The van der Waals surface area contributed by atoms with Gasteiger partial charge in [-0.1, -0.05) is 31.9 Å². The highest BCUT2D eigenvalue weighted by atomic mass is 16.2. The summed E-state index contributed by atoms with van der Waals surface area (Å²) in [5.74, 6) is 0.935. The molecule has 4 nitrogen and oxygen atoms in total. The molecule has 1 fully saturated rings. The van der Waals surface area contributed by atoms with Crippen LogP contribution in [0.15, 0.2) is 18.2 Å². The second-order valence-electron chi connectivity index (χ2n) is 6.74. The fourth-order valence-electron chi connectivity index (χ4n) is 3.76. The minimum absolute atomic E-state index is 0.167. The Morgan fingerprint density at radius 2 is 2.04 bits per heavy atom. The van der Waals surface area contributed by atoms with Crippen molar-refractivity contribution in [3.63, 3.8) is 0 Å². The molecule has 1 saturated carbocycles. The monoisotopic (exact) mass is 314 g/mol. The molecule has 2 aliphatic rings.